The minimum Gasteiger partial charge on any atom is -0.467 e. The predicted molar refractivity (Wildman–Crippen MR) is 100 cm³/mol. The van der Waals surface area contributed by atoms with Crippen molar-refractivity contribution >= 4 is 22.5 Å². The van der Waals surface area contributed by atoms with E-state index in [9.17, 15) is 0 Å². The first-order valence-electron chi connectivity index (χ1n) is 8.11. The second-order valence-corrected chi connectivity index (χ2v) is 5.89. The van der Waals surface area contributed by atoms with Crippen LogP contribution >= 0.6 is 0 Å². The first-order chi connectivity index (χ1) is 12.2. The molecule has 5 heteroatoms. The fourth-order valence-electron chi connectivity index (χ4n) is 2.95. The molecule has 5 nitrogen and oxygen atoms in total. The molecule has 0 bridgehead atoms. The van der Waals surface area contributed by atoms with Gasteiger partial charge in [-0.3, -0.25) is 9.91 Å². The first-order valence-corrected chi connectivity index (χ1v) is 8.11. The molecule has 0 saturated carbocycles. The van der Waals surface area contributed by atoms with Crippen molar-refractivity contribution < 1.29 is 9.47 Å². The Kier molecular flexibility index (Phi) is 3.90. The van der Waals surface area contributed by atoms with Crippen molar-refractivity contribution in [3.05, 3.63) is 66.7 Å². The molecule has 4 rings (SSSR count). The van der Waals surface area contributed by atoms with Crippen LogP contribution < -0.4 is 9.64 Å². The highest BCUT2D eigenvalue weighted by atomic mass is 16.5. The Bertz CT molecular complexity index is 939. The number of benzene rings is 3. The number of rotatable bonds is 3. The van der Waals surface area contributed by atoms with E-state index in [4.69, 9.17) is 9.47 Å². The van der Waals surface area contributed by atoms with Crippen LogP contribution in [-0.2, 0) is 4.74 Å². The molecule has 3 aromatic carbocycles. The number of hydrazone groups is 1. The lowest BCUT2D eigenvalue weighted by Gasteiger charge is -2.21. The summed E-state index contributed by atoms with van der Waals surface area (Å²) in [4.78, 5) is 1.98. The summed E-state index contributed by atoms with van der Waals surface area (Å²) in [7, 11) is 3.53. The third-order valence-electron chi connectivity index (χ3n) is 4.12. The van der Waals surface area contributed by atoms with Crippen molar-refractivity contribution in [2.24, 2.45) is 5.10 Å². The van der Waals surface area contributed by atoms with Crippen LogP contribution in [0.5, 0.6) is 11.5 Å². The second kappa shape index (κ2) is 6.36. The minimum atomic E-state index is 0.553. The van der Waals surface area contributed by atoms with Crippen LogP contribution in [0.2, 0.25) is 0 Å². The number of fused-ring (bicyclic) bond motifs is 1. The van der Waals surface area contributed by atoms with Gasteiger partial charge in [0.25, 0.3) is 0 Å². The SMILES string of the molecule is COC1=NN(C)CN1c1ccccc1Oc1ccc2ccccc2c1. The monoisotopic (exact) mass is 333 g/mol. The molecule has 25 heavy (non-hydrogen) atoms. The Balaban J connectivity index is 1.68. The Hall–Kier alpha value is -3.21. The Morgan fingerprint density at radius 3 is 2.52 bits per heavy atom. The number of nitrogens with zero attached hydrogens (tertiary/aromatic N) is 3. The molecule has 3 aromatic rings. The summed E-state index contributed by atoms with van der Waals surface area (Å²) in [6.07, 6.45) is 0. The Labute approximate surface area is 146 Å². The molecule has 0 aromatic heterocycles. The van der Waals surface area contributed by atoms with Gasteiger partial charge in [0, 0.05) is 7.05 Å². The lowest BCUT2D eigenvalue weighted by Crippen LogP contribution is -2.30. The van der Waals surface area contributed by atoms with E-state index in [0.29, 0.717) is 12.7 Å². The van der Waals surface area contributed by atoms with Gasteiger partial charge in [0.1, 0.15) is 12.4 Å². The van der Waals surface area contributed by atoms with E-state index >= 15 is 0 Å². The molecule has 126 valence electrons. The lowest BCUT2D eigenvalue weighted by molar-refractivity contribution is 0.377. The van der Waals surface area contributed by atoms with Gasteiger partial charge >= 0.3 is 6.02 Å². The molecular formula is C20H19N3O2. The lowest BCUT2D eigenvalue weighted by atomic mass is 10.1. The predicted octanol–water partition coefficient (Wildman–Crippen LogP) is 4.26. The summed E-state index contributed by atoms with van der Waals surface area (Å²) in [5, 5.41) is 8.52. The van der Waals surface area contributed by atoms with Gasteiger partial charge in [-0.05, 0) is 35.0 Å². The van der Waals surface area contributed by atoms with Crippen LogP contribution in [0.3, 0.4) is 0 Å². The van der Waals surface area contributed by atoms with E-state index in [1.807, 2.05) is 65.5 Å². The molecule has 0 N–H and O–H groups in total. The third kappa shape index (κ3) is 2.96. The van der Waals surface area contributed by atoms with E-state index in [0.717, 1.165) is 22.6 Å². The average Bonchev–Trinajstić information content (AvgIpc) is 3.03. The smallest absolute Gasteiger partial charge is 0.315 e. The third-order valence-corrected chi connectivity index (χ3v) is 4.12. The summed E-state index contributed by atoms with van der Waals surface area (Å²) in [6, 6.07) is 22.8. The topological polar surface area (TPSA) is 37.3 Å². The molecule has 0 spiro atoms. The summed E-state index contributed by atoms with van der Waals surface area (Å²) < 4.78 is 11.6. The summed E-state index contributed by atoms with van der Waals surface area (Å²) in [5.41, 5.74) is 0.917. The molecule has 0 saturated heterocycles. The second-order valence-electron chi connectivity index (χ2n) is 5.89. The standard InChI is InChI=1S/C20H19N3O2/c1-22-14-23(20(21-22)24-2)18-9-5-6-10-19(18)25-17-12-11-15-7-3-4-8-16(15)13-17/h3-13H,14H2,1-2H3. The van der Waals surface area contributed by atoms with E-state index < -0.39 is 0 Å². The van der Waals surface area contributed by atoms with Crippen molar-refractivity contribution in [3.63, 3.8) is 0 Å². The molecular weight excluding hydrogens is 314 g/mol. The number of anilines is 1. The van der Waals surface area contributed by atoms with Crippen LogP contribution in [0.15, 0.2) is 71.8 Å². The van der Waals surface area contributed by atoms with Crippen LogP contribution in [-0.4, -0.2) is 31.9 Å². The van der Waals surface area contributed by atoms with Gasteiger partial charge in [0.2, 0.25) is 0 Å². The van der Waals surface area contributed by atoms with Gasteiger partial charge in [-0.1, -0.05) is 42.5 Å². The van der Waals surface area contributed by atoms with Crippen LogP contribution in [0.1, 0.15) is 0 Å². The molecule has 1 aliphatic rings. The highest BCUT2D eigenvalue weighted by Crippen LogP contribution is 2.34. The van der Waals surface area contributed by atoms with E-state index in [2.05, 4.69) is 23.3 Å². The van der Waals surface area contributed by atoms with Crippen LogP contribution in [0.25, 0.3) is 10.8 Å². The van der Waals surface area contributed by atoms with Gasteiger partial charge in [-0.2, -0.15) is 0 Å². The number of ether oxygens (including phenoxy) is 2. The van der Waals surface area contributed by atoms with Crippen molar-refractivity contribution in [2.75, 3.05) is 25.7 Å². The first kappa shape index (κ1) is 15.3. The van der Waals surface area contributed by atoms with Gasteiger partial charge < -0.3 is 9.47 Å². The molecule has 0 unspecified atom stereocenters. The summed E-state index contributed by atoms with van der Waals surface area (Å²) in [6.45, 7) is 0.612. The molecule has 0 radical (unpaired) electrons. The van der Waals surface area contributed by atoms with Gasteiger partial charge in [-0.15, -0.1) is 5.10 Å². The van der Waals surface area contributed by atoms with Gasteiger partial charge in [-0.25, -0.2) is 0 Å². The van der Waals surface area contributed by atoms with Crippen molar-refractivity contribution in [1.29, 1.82) is 0 Å². The highest BCUT2D eigenvalue weighted by molar-refractivity contribution is 5.94. The van der Waals surface area contributed by atoms with Crippen molar-refractivity contribution in [2.45, 2.75) is 0 Å². The fraction of sp³-hybridized carbons (Fsp3) is 0.150. The highest BCUT2D eigenvalue weighted by Gasteiger charge is 2.25. The zero-order chi connectivity index (χ0) is 17.2. The van der Waals surface area contributed by atoms with Gasteiger partial charge in [0.15, 0.2) is 5.75 Å². The van der Waals surface area contributed by atoms with E-state index in [-0.39, 0.29) is 0 Å². The van der Waals surface area contributed by atoms with E-state index in [1.165, 1.54) is 5.39 Å². The quantitative estimate of drug-likeness (QED) is 0.718. The number of para-hydroxylation sites is 2. The zero-order valence-electron chi connectivity index (χ0n) is 14.2. The molecule has 0 aliphatic carbocycles. The van der Waals surface area contributed by atoms with Crippen LogP contribution in [0, 0.1) is 0 Å². The molecule has 0 atom stereocenters. The van der Waals surface area contributed by atoms with E-state index in [1.54, 1.807) is 7.11 Å². The summed E-state index contributed by atoms with van der Waals surface area (Å²) >= 11 is 0. The maximum absolute atomic E-state index is 6.19. The Morgan fingerprint density at radius 2 is 1.68 bits per heavy atom. The molecule has 0 amide bonds. The maximum Gasteiger partial charge on any atom is 0.315 e. The number of hydrogen-bond donors (Lipinski definition) is 0. The normalized spacial score (nSPS) is 13.9. The van der Waals surface area contributed by atoms with Crippen LogP contribution in [0.4, 0.5) is 5.69 Å². The Morgan fingerprint density at radius 1 is 0.920 bits per heavy atom. The fourth-order valence-corrected chi connectivity index (χ4v) is 2.95. The van der Waals surface area contributed by atoms with Gasteiger partial charge in [0.05, 0.1) is 12.8 Å². The van der Waals surface area contributed by atoms with Crippen molar-refractivity contribution in [3.8, 4) is 11.5 Å². The average molecular weight is 333 g/mol. The maximum atomic E-state index is 6.19. The number of methoxy groups -OCH3 is 1. The summed E-state index contributed by atoms with van der Waals surface area (Å²) in [5.74, 6) is 1.56. The zero-order valence-corrected chi connectivity index (χ0v) is 14.2. The largest absolute Gasteiger partial charge is 0.467 e. The molecule has 1 aliphatic heterocycles. The molecule has 1 heterocycles. The number of amidine groups is 1. The molecule has 0 fully saturated rings. The minimum absolute atomic E-state index is 0.553. The van der Waals surface area contributed by atoms with Crippen molar-refractivity contribution in [1.82, 2.24) is 5.01 Å². The number of hydrogen-bond acceptors (Lipinski definition) is 5.